The van der Waals surface area contributed by atoms with Gasteiger partial charge in [-0.2, -0.15) is 0 Å². The Hall–Kier alpha value is -1.46. The highest BCUT2D eigenvalue weighted by Gasteiger charge is 2.16. The van der Waals surface area contributed by atoms with Crippen LogP contribution in [0, 0.1) is 0 Å². The van der Waals surface area contributed by atoms with Gasteiger partial charge in [-0.1, -0.05) is 19.4 Å². The highest BCUT2D eigenvalue weighted by Crippen LogP contribution is 2.30. The van der Waals surface area contributed by atoms with Gasteiger partial charge in [0.05, 0.1) is 19.8 Å². The lowest BCUT2D eigenvalue weighted by Crippen LogP contribution is -2.19. The molecule has 0 amide bonds. The smallest absolute Gasteiger partial charge is 0.339 e. The number of carbonyl (C=O) groups is 1. The second-order valence-corrected chi connectivity index (χ2v) is 6.30. The lowest BCUT2D eigenvalue weighted by Gasteiger charge is -2.22. The molecule has 0 aliphatic carbocycles. The molecule has 0 saturated heterocycles. The van der Waals surface area contributed by atoms with Crippen LogP contribution in [0.3, 0.4) is 0 Å². The number of hydrogen-bond acceptors (Lipinski definition) is 5. The van der Waals surface area contributed by atoms with E-state index < -0.39 is 0 Å². The van der Waals surface area contributed by atoms with Crippen LogP contribution in [-0.4, -0.2) is 37.6 Å². The van der Waals surface area contributed by atoms with Crippen LogP contribution in [-0.2, 0) is 4.74 Å². The van der Waals surface area contributed by atoms with E-state index in [-0.39, 0.29) is 5.97 Å². The first-order valence-corrected chi connectivity index (χ1v) is 8.73. The van der Waals surface area contributed by atoms with Crippen molar-refractivity contribution >= 4 is 17.9 Å². The van der Waals surface area contributed by atoms with Crippen LogP contribution in [0.25, 0.3) is 0 Å². The second kappa shape index (κ2) is 11.1. The molecule has 0 atom stereocenters. The number of unbranched alkanes of at least 4 members (excludes halogenated alkanes) is 2. The minimum atomic E-state index is -0.340. The number of allylic oxidation sites excluding steroid dienone is 1. The number of nitrogens with zero attached hydrogens (tertiary/aromatic N) is 1. The Kier molecular flexibility index (Phi) is 9.48. The van der Waals surface area contributed by atoms with E-state index in [1.807, 2.05) is 18.2 Å². The van der Waals surface area contributed by atoms with E-state index in [2.05, 4.69) is 17.8 Å². The Morgan fingerprint density at radius 1 is 1.30 bits per heavy atom. The normalized spacial score (nSPS) is 10.6. The summed E-state index contributed by atoms with van der Waals surface area (Å²) >= 11 is 1.61. The molecule has 1 aromatic rings. The summed E-state index contributed by atoms with van der Waals surface area (Å²) in [6, 6.07) is 5.52. The van der Waals surface area contributed by atoms with E-state index in [9.17, 15) is 4.79 Å². The van der Waals surface area contributed by atoms with E-state index >= 15 is 0 Å². The maximum atomic E-state index is 12.0. The minimum absolute atomic E-state index is 0.340. The summed E-state index contributed by atoms with van der Waals surface area (Å²) in [5.41, 5.74) is 0.544. The fourth-order valence-electron chi connectivity index (χ4n) is 2.07. The SMILES string of the molecule is C=CCCCN(CCCC)Sc1ccc(OC)cc1C(=O)OC. The second-order valence-electron chi connectivity index (χ2n) is 5.16. The van der Waals surface area contributed by atoms with E-state index in [0.717, 1.165) is 43.7 Å². The largest absolute Gasteiger partial charge is 0.497 e. The van der Waals surface area contributed by atoms with Gasteiger partial charge in [0.25, 0.3) is 0 Å². The van der Waals surface area contributed by atoms with Gasteiger partial charge in [0, 0.05) is 18.0 Å². The van der Waals surface area contributed by atoms with Crippen LogP contribution in [0.15, 0.2) is 35.7 Å². The van der Waals surface area contributed by atoms with Crippen molar-refractivity contribution in [3.63, 3.8) is 0 Å². The molecule has 0 unspecified atom stereocenters. The minimum Gasteiger partial charge on any atom is -0.497 e. The average Bonchev–Trinajstić information content (AvgIpc) is 2.59. The molecular formula is C18H27NO3S. The summed E-state index contributed by atoms with van der Waals surface area (Å²) in [6.07, 6.45) is 6.27. The van der Waals surface area contributed by atoms with E-state index in [0.29, 0.717) is 11.3 Å². The zero-order valence-electron chi connectivity index (χ0n) is 14.3. The predicted octanol–water partition coefficient (Wildman–Crippen LogP) is 4.56. The number of hydrogen-bond donors (Lipinski definition) is 0. The first-order chi connectivity index (χ1) is 11.2. The molecule has 0 aliphatic rings. The molecule has 0 fully saturated rings. The maximum absolute atomic E-state index is 12.0. The third-order valence-corrected chi connectivity index (χ3v) is 4.57. The number of esters is 1. The Bertz CT molecular complexity index is 505. The molecule has 0 heterocycles. The Morgan fingerprint density at radius 2 is 2.04 bits per heavy atom. The van der Waals surface area contributed by atoms with Crippen molar-refractivity contribution in [2.75, 3.05) is 27.3 Å². The molecule has 4 nitrogen and oxygen atoms in total. The van der Waals surface area contributed by atoms with Crippen molar-refractivity contribution < 1.29 is 14.3 Å². The van der Waals surface area contributed by atoms with Crippen molar-refractivity contribution in [2.24, 2.45) is 0 Å². The zero-order valence-corrected chi connectivity index (χ0v) is 15.2. The first kappa shape index (κ1) is 19.6. The fourth-order valence-corrected chi connectivity index (χ4v) is 3.16. The lowest BCUT2D eigenvalue weighted by molar-refractivity contribution is 0.0596. The van der Waals surface area contributed by atoms with Gasteiger partial charge in [-0.3, -0.25) is 0 Å². The molecule has 1 aromatic carbocycles. The zero-order chi connectivity index (χ0) is 17.1. The van der Waals surface area contributed by atoms with E-state index in [1.54, 1.807) is 25.1 Å². The lowest BCUT2D eigenvalue weighted by atomic mass is 10.2. The van der Waals surface area contributed by atoms with Gasteiger partial charge in [-0.05, 0) is 49.4 Å². The van der Waals surface area contributed by atoms with Gasteiger partial charge in [0.2, 0.25) is 0 Å². The number of benzene rings is 1. The van der Waals surface area contributed by atoms with Gasteiger partial charge >= 0.3 is 5.97 Å². The van der Waals surface area contributed by atoms with Gasteiger partial charge in [-0.25, -0.2) is 9.10 Å². The summed E-state index contributed by atoms with van der Waals surface area (Å²) in [7, 11) is 2.99. The molecule has 0 N–H and O–H groups in total. The molecular weight excluding hydrogens is 310 g/mol. The molecule has 128 valence electrons. The first-order valence-electron chi connectivity index (χ1n) is 7.96. The monoisotopic (exact) mass is 337 g/mol. The topological polar surface area (TPSA) is 38.8 Å². The Balaban J connectivity index is 2.91. The number of rotatable bonds is 11. The molecule has 23 heavy (non-hydrogen) atoms. The Morgan fingerprint density at radius 3 is 2.65 bits per heavy atom. The van der Waals surface area contributed by atoms with Crippen molar-refractivity contribution in [3.05, 3.63) is 36.4 Å². The number of methoxy groups -OCH3 is 2. The van der Waals surface area contributed by atoms with Crippen molar-refractivity contribution in [2.45, 2.75) is 37.5 Å². The van der Waals surface area contributed by atoms with Crippen molar-refractivity contribution in [1.82, 2.24) is 4.31 Å². The molecule has 0 aliphatic heterocycles. The fraction of sp³-hybridized carbons (Fsp3) is 0.500. The van der Waals surface area contributed by atoms with Crippen LogP contribution in [0.5, 0.6) is 5.75 Å². The summed E-state index contributed by atoms with van der Waals surface area (Å²) in [4.78, 5) is 12.9. The maximum Gasteiger partial charge on any atom is 0.339 e. The molecule has 0 bridgehead atoms. The van der Waals surface area contributed by atoms with Gasteiger partial charge in [-0.15, -0.1) is 6.58 Å². The van der Waals surface area contributed by atoms with Gasteiger partial charge < -0.3 is 9.47 Å². The Labute approximate surface area is 144 Å². The predicted molar refractivity (Wildman–Crippen MR) is 96.1 cm³/mol. The van der Waals surface area contributed by atoms with Crippen LogP contribution in [0.2, 0.25) is 0 Å². The van der Waals surface area contributed by atoms with Crippen LogP contribution in [0.1, 0.15) is 43.0 Å². The van der Waals surface area contributed by atoms with Crippen LogP contribution >= 0.6 is 11.9 Å². The highest BCUT2D eigenvalue weighted by atomic mass is 32.2. The molecule has 0 spiro atoms. The summed E-state index contributed by atoms with van der Waals surface area (Å²) in [5, 5.41) is 0. The molecule has 0 saturated carbocycles. The molecule has 0 aromatic heterocycles. The van der Waals surface area contributed by atoms with Gasteiger partial charge in [0.15, 0.2) is 0 Å². The van der Waals surface area contributed by atoms with E-state index in [1.165, 1.54) is 7.11 Å². The third kappa shape index (κ3) is 6.67. The van der Waals surface area contributed by atoms with Crippen molar-refractivity contribution in [1.29, 1.82) is 0 Å². The standard InChI is InChI=1S/C18H27NO3S/c1-5-7-9-13-19(12-8-6-2)23-17-11-10-15(21-3)14-16(17)18(20)22-4/h5,10-11,14H,1,6-9,12-13H2,2-4H3. The van der Waals surface area contributed by atoms with Crippen LogP contribution in [0.4, 0.5) is 0 Å². The molecule has 1 rings (SSSR count). The summed E-state index contributed by atoms with van der Waals surface area (Å²) in [6.45, 7) is 7.90. The summed E-state index contributed by atoms with van der Waals surface area (Å²) < 4.78 is 12.4. The average molecular weight is 337 g/mol. The van der Waals surface area contributed by atoms with Crippen LogP contribution < -0.4 is 4.74 Å². The van der Waals surface area contributed by atoms with Crippen molar-refractivity contribution in [3.8, 4) is 5.75 Å². The molecule has 0 radical (unpaired) electrons. The quantitative estimate of drug-likeness (QED) is 0.256. The third-order valence-electron chi connectivity index (χ3n) is 3.40. The molecule has 5 heteroatoms. The number of ether oxygens (including phenoxy) is 2. The van der Waals surface area contributed by atoms with Gasteiger partial charge in [0.1, 0.15) is 5.75 Å². The summed E-state index contributed by atoms with van der Waals surface area (Å²) in [5.74, 6) is 0.314. The van der Waals surface area contributed by atoms with E-state index in [4.69, 9.17) is 9.47 Å². The number of carbonyl (C=O) groups excluding carboxylic acids is 1. The highest BCUT2D eigenvalue weighted by molar-refractivity contribution is 7.97.